The maximum Gasteiger partial charge on any atom is 0.323 e. The van der Waals surface area contributed by atoms with Crippen molar-refractivity contribution in [3.05, 3.63) is 24.4 Å². The number of morpholine rings is 1. The highest BCUT2D eigenvalue weighted by Gasteiger charge is 2.32. The Morgan fingerprint density at radius 1 is 1.35 bits per heavy atom. The molecule has 0 aliphatic carbocycles. The molecule has 3 atom stereocenters. The second-order valence-electron chi connectivity index (χ2n) is 6.61. The van der Waals surface area contributed by atoms with Gasteiger partial charge in [0.25, 0.3) is 0 Å². The van der Waals surface area contributed by atoms with Crippen molar-refractivity contribution in [2.45, 2.75) is 44.9 Å². The Balaban J connectivity index is 1.58. The summed E-state index contributed by atoms with van der Waals surface area (Å²) >= 11 is 0. The van der Waals surface area contributed by atoms with Crippen LogP contribution in [0, 0.1) is 0 Å². The smallest absolute Gasteiger partial charge is 0.323 e. The number of anilines is 1. The number of carbonyl (C=O) groups excluding carboxylic acids is 1. The van der Waals surface area contributed by atoms with Crippen molar-refractivity contribution in [3.8, 4) is 0 Å². The lowest BCUT2D eigenvalue weighted by atomic mass is 10.1. The largest absolute Gasteiger partial charge is 0.373 e. The molecular formula is C17H26N4O2. The first-order valence-electron chi connectivity index (χ1n) is 8.48. The van der Waals surface area contributed by atoms with Crippen molar-refractivity contribution in [1.82, 2.24) is 14.8 Å². The van der Waals surface area contributed by atoms with Gasteiger partial charge in [-0.2, -0.15) is 0 Å². The average molecular weight is 318 g/mol. The summed E-state index contributed by atoms with van der Waals surface area (Å²) in [6, 6.07) is 5.76. The van der Waals surface area contributed by atoms with Crippen LogP contribution >= 0.6 is 0 Å². The number of aromatic nitrogens is 1. The van der Waals surface area contributed by atoms with Gasteiger partial charge < -0.3 is 9.64 Å². The summed E-state index contributed by atoms with van der Waals surface area (Å²) in [6.07, 6.45) is 4.34. The molecule has 3 heterocycles. The molecule has 2 saturated heterocycles. The van der Waals surface area contributed by atoms with E-state index < -0.39 is 0 Å². The highest BCUT2D eigenvalue weighted by Crippen LogP contribution is 2.21. The van der Waals surface area contributed by atoms with Crippen LogP contribution in [0.5, 0.6) is 0 Å². The lowest BCUT2D eigenvalue weighted by Crippen LogP contribution is -2.51. The molecule has 1 N–H and O–H groups in total. The molecule has 3 rings (SSSR count). The van der Waals surface area contributed by atoms with E-state index in [1.807, 2.05) is 23.1 Å². The van der Waals surface area contributed by atoms with Crippen molar-refractivity contribution in [2.24, 2.45) is 0 Å². The number of ether oxygens (including phenoxy) is 1. The highest BCUT2D eigenvalue weighted by molar-refractivity contribution is 5.88. The van der Waals surface area contributed by atoms with Gasteiger partial charge in [-0.25, -0.2) is 9.78 Å². The van der Waals surface area contributed by atoms with Crippen LogP contribution in [0.15, 0.2) is 24.4 Å². The summed E-state index contributed by atoms with van der Waals surface area (Å²) in [5.74, 6) is 0.608. The minimum Gasteiger partial charge on any atom is -0.373 e. The molecule has 3 unspecified atom stereocenters. The van der Waals surface area contributed by atoms with Crippen molar-refractivity contribution in [3.63, 3.8) is 0 Å². The van der Waals surface area contributed by atoms with Gasteiger partial charge in [-0.3, -0.25) is 10.2 Å². The molecule has 6 heteroatoms. The molecule has 0 saturated carbocycles. The second-order valence-corrected chi connectivity index (χ2v) is 6.61. The minimum atomic E-state index is -0.0412. The molecule has 1 aromatic heterocycles. The summed E-state index contributed by atoms with van der Waals surface area (Å²) in [7, 11) is 0. The van der Waals surface area contributed by atoms with Crippen LogP contribution in [0.2, 0.25) is 0 Å². The zero-order valence-electron chi connectivity index (χ0n) is 13.9. The molecule has 2 fully saturated rings. The number of nitrogens with one attached hydrogen (secondary N) is 1. The SMILES string of the molecule is CC1CN(CC2CCCN2C(=O)Nc2ccccn2)CC(C)O1. The van der Waals surface area contributed by atoms with Crippen LogP contribution < -0.4 is 5.32 Å². The maximum atomic E-state index is 12.5. The molecule has 0 bridgehead atoms. The van der Waals surface area contributed by atoms with Gasteiger partial charge in [0, 0.05) is 38.4 Å². The van der Waals surface area contributed by atoms with E-state index in [4.69, 9.17) is 4.74 Å². The quantitative estimate of drug-likeness (QED) is 0.928. The van der Waals surface area contributed by atoms with Crippen LogP contribution in [0.25, 0.3) is 0 Å². The number of nitrogens with zero attached hydrogens (tertiary/aromatic N) is 3. The first kappa shape index (κ1) is 16.2. The summed E-state index contributed by atoms with van der Waals surface area (Å²) in [6.45, 7) is 7.85. The molecule has 2 aliphatic heterocycles. The van der Waals surface area contributed by atoms with Crippen molar-refractivity contribution in [1.29, 1.82) is 0 Å². The van der Waals surface area contributed by atoms with Gasteiger partial charge in [-0.1, -0.05) is 6.07 Å². The first-order chi connectivity index (χ1) is 11.1. The predicted molar refractivity (Wildman–Crippen MR) is 89.4 cm³/mol. The molecule has 1 aromatic rings. The zero-order valence-corrected chi connectivity index (χ0v) is 13.9. The van der Waals surface area contributed by atoms with Gasteiger partial charge in [0.1, 0.15) is 5.82 Å². The van der Waals surface area contributed by atoms with Gasteiger partial charge in [-0.05, 0) is 38.8 Å². The van der Waals surface area contributed by atoms with E-state index in [0.717, 1.165) is 39.0 Å². The molecule has 0 spiro atoms. The molecule has 2 aliphatic rings. The average Bonchev–Trinajstić information content (AvgIpc) is 2.95. The third-order valence-electron chi connectivity index (χ3n) is 4.50. The van der Waals surface area contributed by atoms with E-state index in [0.29, 0.717) is 5.82 Å². The second kappa shape index (κ2) is 7.27. The van der Waals surface area contributed by atoms with Crippen LogP contribution in [0.3, 0.4) is 0 Å². The Kier molecular flexibility index (Phi) is 5.13. The van der Waals surface area contributed by atoms with Crippen LogP contribution in [0.4, 0.5) is 10.6 Å². The molecule has 23 heavy (non-hydrogen) atoms. The summed E-state index contributed by atoms with van der Waals surface area (Å²) < 4.78 is 5.79. The standard InChI is InChI=1S/C17H26N4O2/c1-13-10-20(11-14(2)23-13)12-15-6-5-9-21(15)17(22)19-16-7-3-4-8-18-16/h3-4,7-8,13-15H,5-6,9-12H2,1-2H3,(H,18,19,22). The number of urea groups is 1. The van der Waals surface area contributed by atoms with E-state index >= 15 is 0 Å². The van der Waals surface area contributed by atoms with Gasteiger partial charge in [0.05, 0.1) is 12.2 Å². The van der Waals surface area contributed by atoms with Crippen LogP contribution in [-0.4, -0.2) is 65.2 Å². The summed E-state index contributed by atoms with van der Waals surface area (Å²) in [5, 5.41) is 2.90. The molecular weight excluding hydrogens is 292 g/mol. The Labute approximate surface area is 137 Å². The van der Waals surface area contributed by atoms with E-state index in [9.17, 15) is 4.79 Å². The molecule has 6 nitrogen and oxygen atoms in total. The van der Waals surface area contributed by atoms with Gasteiger partial charge in [-0.15, -0.1) is 0 Å². The fourth-order valence-corrected chi connectivity index (χ4v) is 3.64. The number of amides is 2. The summed E-state index contributed by atoms with van der Waals surface area (Å²) in [5.41, 5.74) is 0. The number of hydrogen-bond acceptors (Lipinski definition) is 4. The first-order valence-corrected chi connectivity index (χ1v) is 8.48. The fraction of sp³-hybridized carbons (Fsp3) is 0.647. The van der Waals surface area contributed by atoms with Crippen molar-refractivity contribution in [2.75, 3.05) is 31.5 Å². The lowest BCUT2D eigenvalue weighted by Gasteiger charge is -2.38. The lowest BCUT2D eigenvalue weighted by molar-refractivity contribution is -0.0712. The number of carbonyl (C=O) groups is 1. The topological polar surface area (TPSA) is 57.7 Å². The Hall–Kier alpha value is -1.66. The van der Waals surface area contributed by atoms with E-state index in [1.165, 1.54) is 0 Å². The predicted octanol–water partition coefficient (Wildman–Crippen LogP) is 2.19. The Bertz CT molecular complexity index is 515. The van der Waals surface area contributed by atoms with E-state index in [2.05, 4.69) is 29.0 Å². The van der Waals surface area contributed by atoms with Crippen molar-refractivity contribution < 1.29 is 9.53 Å². The molecule has 0 radical (unpaired) electrons. The zero-order chi connectivity index (χ0) is 16.2. The Morgan fingerprint density at radius 3 is 2.83 bits per heavy atom. The molecule has 126 valence electrons. The number of likely N-dealkylation sites (tertiary alicyclic amines) is 1. The fourth-order valence-electron chi connectivity index (χ4n) is 3.64. The maximum absolute atomic E-state index is 12.5. The highest BCUT2D eigenvalue weighted by atomic mass is 16.5. The number of rotatable bonds is 3. The van der Waals surface area contributed by atoms with Gasteiger partial charge >= 0.3 is 6.03 Å². The minimum absolute atomic E-state index is 0.0412. The number of hydrogen-bond donors (Lipinski definition) is 1. The van der Waals surface area contributed by atoms with Gasteiger partial charge in [0.2, 0.25) is 0 Å². The monoisotopic (exact) mass is 318 g/mol. The molecule has 0 aromatic carbocycles. The van der Waals surface area contributed by atoms with Crippen LogP contribution in [0.1, 0.15) is 26.7 Å². The normalized spacial score (nSPS) is 28.8. The Morgan fingerprint density at radius 2 is 2.13 bits per heavy atom. The van der Waals surface area contributed by atoms with Crippen LogP contribution in [-0.2, 0) is 4.74 Å². The molecule has 2 amide bonds. The van der Waals surface area contributed by atoms with E-state index in [1.54, 1.807) is 6.20 Å². The summed E-state index contributed by atoms with van der Waals surface area (Å²) in [4.78, 5) is 21.1. The number of pyridine rings is 1. The third-order valence-corrected chi connectivity index (χ3v) is 4.50. The van der Waals surface area contributed by atoms with Crippen molar-refractivity contribution >= 4 is 11.8 Å². The van der Waals surface area contributed by atoms with Gasteiger partial charge in [0.15, 0.2) is 0 Å². The van der Waals surface area contributed by atoms with E-state index in [-0.39, 0.29) is 24.3 Å². The third kappa shape index (κ3) is 4.20.